The molecule has 2 aliphatic carbocycles. The van der Waals surface area contributed by atoms with Gasteiger partial charge in [-0.15, -0.1) is 0 Å². The van der Waals surface area contributed by atoms with Crippen LogP contribution in [0.25, 0.3) is 0 Å². The van der Waals surface area contributed by atoms with Crippen molar-refractivity contribution in [2.75, 3.05) is 26.7 Å². The zero-order valence-corrected chi connectivity index (χ0v) is 14.0. The first-order valence-electron chi connectivity index (χ1n) is 8.75. The Balaban J connectivity index is 1.98. The number of hydrogen-bond acceptors (Lipinski definition) is 4. The van der Waals surface area contributed by atoms with Crippen molar-refractivity contribution in [1.29, 1.82) is 0 Å². The Hall–Kier alpha value is -0.610. The van der Waals surface area contributed by atoms with Crippen LogP contribution in [-0.2, 0) is 9.53 Å². The van der Waals surface area contributed by atoms with Crippen LogP contribution in [0.1, 0.15) is 58.8 Å². The van der Waals surface area contributed by atoms with E-state index in [0.717, 1.165) is 57.8 Å². The smallest absolute Gasteiger partial charge is 0.326 e. The van der Waals surface area contributed by atoms with E-state index < -0.39 is 5.54 Å². The van der Waals surface area contributed by atoms with Gasteiger partial charge in [-0.2, -0.15) is 0 Å². The topological polar surface area (TPSA) is 41.6 Å². The third-order valence-electron chi connectivity index (χ3n) is 5.29. The summed E-state index contributed by atoms with van der Waals surface area (Å²) in [5, 5.41) is 3.54. The fourth-order valence-electron chi connectivity index (χ4n) is 3.93. The summed E-state index contributed by atoms with van der Waals surface area (Å²) in [4.78, 5) is 15.0. The van der Waals surface area contributed by atoms with Crippen molar-refractivity contribution in [1.82, 2.24) is 10.2 Å². The lowest BCUT2D eigenvalue weighted by molar-refractivity contribution is -0.150. The average Bonchev–Trinajstić information content (AvgIpc) is 3.26. The minimum atomic E-state index is -0.423. The number of methoxy groups -OCH3 is 1. The zero-order valence-electron chi connectivity index (χ0n) is 14.0. The van der Waals surface area contributed by atoms with Gasteiger partial charge in [0, 0.05) is 6.04 Å². The van der Waals surface area contributed by atoms with E-state index in [2.05, 4.69) is 24.1 Å². The molecule has 0 radical (unpaired) electrons. The number of carbonyl (C=O) groups is 1. The van der Waals surface area contributed by atoms with Gasteiger partial charge in [0.15, 0.2) is 0 Å². The van der Waals surface area contributed by atoms with Gasteiger partial charge in [0.2, 0.25) is 0 Å². The fraction of sp³-hybridized carbons (Fsp3) is 0.941. The number of nitrogens with zero attached hydrogens (tertiary/aromatic N) is 1. The molecule has 122 valence electrons. The summed E-state index contributed by atoms with van der Waals surface area (Å²) in [6.45, 7) is 7.54. The molecular formula is C17H32N2O2. The second kappa shape index (κ2) is 7.59. The number of ether oxygens (including phenoxy) is 1. The van der Waals surface area contributed by atoms with Gasteiger partial charge in [-0.25, -0.2) is 0 Å². The average molecular weight is 296 g/mol. The third-order valence-corrected chi connectivity index (χ3v) is 5.29. The minimum absolute atomic E-state index is 0.0482. The van der Waals surface area contributed by atoms with Crippen LogP contribution in [0.2, 0.25) is 0 Å². The first-order chi connectivity index (χ1) is 10.2. The van der Waals surface area contributed by atoms with Crippen molar-refractivity contribution in [3.05, 3.63) is 0 Å². The lowest BCUT2D eigenvalue weighted by Gasteiger charge is -2.35. The highest BCUT2D eigenvalue weighted by atomic mass is 16.5. The summed E-state index contributed by atoms with van der Waals surface area (Å²) in [6.07, 6.45) is 8.08. The molecular weight excluding hydrogens is 264 g/mol. The van der Waals surface area contributed by atoms with Crippen molar-refractivity contribution < 1.29 is 9.53 Å². The summed E-state index contributed by atoms with van der Waals surface area (Å²) in [5.74, 6) is 0.372. The third kappa shape index (κ3) is 3.78. The van der Waals surface area contributed by atoms with E-state index in [9.17, 15) is 4.79 Å². The van der Waals surface area contributed by atoms with E-state index in [1.165, 1.54) is 20.0 Å². The maximum Gasteiger partial charge on any atom is 0.326 e. The van der Waals surface area contributed by atoms with Gasteiger partial charge in [-0.3, -0.25) is 4.79 Å². The van der Waals surface area contributed by atoms with Gasteiger partial charge in [-0.1, -0.05) is 20.3 Å². The molecule has 0 aromatic heterocycles. The Morgan fingerprint density at radius 2 is 2.10 bits per heavy atom. The molecule has 1 N–H and O–H groups in total. The van der Waals surface area contributed by atoms with Crippen LogP contribution in [0.5, 0.6) is 0 Å². The van der Waals surface area contributed by atoms with Crippen molar-refractivity contribution in [2.24, 2.45) is 5.92 Å². The second-order valence-corrected chi connectivity index (χ2v) is 6.63. The first-order valence-corrected chi connectivity index (χ1v) is 8.75. The minimum Gasteiger partial charge on any atom is -0.468 e. The molecule has 0 spiro atoms. The van der Waals surface area contributed by atoms with Crippen molar-refractivity contribution in [3.8, 4) is 0 Å². The van der Waals surface area contributed by atoms with Gasteiger partial charge in [0.25, 0.3) is 0 Å². The largest absolute Gasteiger partial charge is 0.468 e. The van der Waals surface area contributed by atoms with Crippen molar-refractivity contribution in [3.63, 3.8) is 0 Å². The molecule has 0 aromatic rings. The Kier molecular flexibility index (Phi) is 6.06. The highest BCUT2D eigenvalue weighted by Crippen LogP contribution is 2.39. The Morgan fingerprint density at radius 3 is 2.67 bits per heavy atom. The molecule has 21 heavy (non-hydrogen) atoms. The number of rotatable bonds is 9. The summed E-state index contributed by atoms with van der Waals surface area (Å²) in [6, 6.07) is 0.813. The van der Waals surface area contributed by atoms with E-state index in [1.807, 2.05) is 0 Å². The Morgan fingerprint density at radius 1 is 1.33 bits per heavy atom. The lowest BCUT2D eigenvalue weighted by atomic mass is 9.84. The number of esters is 1. The maximum absolute atomic E-state index is 12.4. The SMILES string of the molecule is CCCNC1(C(=O)OC)CCCC1CCN(CC)C1CC1. The van der Waals surface area contributed by atoms with Gasteiger partial charge in [0.1, 0.15) is 5.54 Å². The molecule has 0 amide bonds. The van der Waals surface area contributed by atoms with Crippen molar-refractivity contribution >= 4 is 5.97 Å². The van der Waals surface area contributed by atoms with Gasteiger partial charge in [0.05, 0.1) is 7.11 Å². The highest BCUT2D eigenvalue weighted by molar-refractivity contribution is 5.81. The van der Waals surface area contributed by atoms with Crippen molar-refractivity contribution in [2.45, 2.75) is 70.4 Å². The normalized spacial score (nSPS) is 29.0. The predicted octanol–water partition coefficient (Wildman–Crippen LogP) is 2.57. The van der Waals surface area contributed by atoms with E-state index in [0.29, 0.717) is 5.92 Å². The van der Waals surface area contributed by atoms with Crippen LogP contribution in [0.3, 0.4) is 0 Å². The molecule has 0 aliphatic heterocycles. The predicted molar refractivity (Wildman–Crippen MR) is 85.3 cm³/mol. The number of carbonyl (C=O) groups excluding carboxylic acids is 1. The molecule has 2 aliphatic rings. The standard InChI is InChI=1S/C17H32N2O2/c1-4-12-18-17(16(20)21-3)11-6-7-14(17)10-13-19(5-2)15-8-9-15/h14-15,18H,4-13H2,1-3H3. The lowest BCUT2D eigenvalue weighted by Crippen LogP contribution is -2.56. The Bertz CT molecular complexity index is 344. The van der Waals surface area contributed by atoms with Crippen LogP contribution in [0.4, 0.5) is 0 Å². The molecule has 2 unspecified atom stereocenters. The van der Waals surface area contributed by atoms with E-state index >= 15 is 0 Å². The second-order valence-electron chi connectivity index (χ2n) is 6.63. The fourth-order valence-corrected chi connectivity index (χ4v) is 3.93. The molecule has 2 saturated carbocycles. The van der Waals surface area contributed by atoms with Crippen LogP contribution in [-0.4, -0.2) is 49.2 Å². The van der Waals surface area contributed by atoms with Gasteiger partial charge in [-0.05, 0) is 64.1 Å². The maximum atomic E-state index is 12.4. The summed E-state index contributed by atoms with van der Waals surface area (Å²) >= 11 is 0. The van der Waals surface area contributed by atoms with Crippen LogP contribution >= 0.6 is 0 Å². The van der Waals surface area contributed by atoms with E-state index in [-0.39, 0.29) is 5.97 Å². The zero-order chi connectivity index (χ0) is 15.3. The molecule has 0 bridgehead atoms. The van der Waals surface area contributed by atoms with E-state index in [4.69, 9.17) is 4.74 Å². The molecule has 4 nitrogen and oxygen atoms in total. The molecule has 2 fully saturated rings. The van der Waals surface area contributed by atoms with Gasteiger partial charge < -0.3 is 15.0 Å². The Labute approximate surface area is 129 Å². The first kappa shape index (κ1) is 16.8. The monoisotopic (exact) mass is 296 g/mol. The number of hydrogen-bond donors (Lipinski definition) is 1. The molecule has 4 heteroatoms. The molecule has 0 saturated heterocycles. The number of nitrogens with one attached hydrogen (secondary N) is 1. The van der Waals surface area contributed by atoms with Gasteiger partial charge >= 0.3 is 5.97 Å². The summed E-state index contributed by atoms with van der Waals surface area (Å²) in [7, 11) is 1.52. The highest BCUT2D eigenvalue weighted by Gasteiger charge is 2.49. The van der Waals surface area contributed by atoms with E-state index in [1.54, 1.807) is 0 Å². The van der Waals surface area contributed by atoms with Crippen LogP contribution < -0.4 is 5.32 Å². The molecule has 2 atom stereocenters. The summed E-state index contributed by atoms with van der Waals surface area (Å²) < 4.78 is 5.14. The molecule has 2 rings (SSSR count). The van der Waals surface area contributed by atoms with Crippen LogP contribution in [0.15, 0.2) is 0 Å². The van der Waals surface area contributed by atoms with Crippen LogP contribution in [0, 0.1) is 5.92 Å². The molecule has 0 aromatic carbocycles. The summed E-state index contributed by atoms with van der Waals surface area (Å²) in [5.41, 5.74) is -0.423. The molecule has 0 heterocycles. The quantitative estimate of drug-likeness (QED) is 0.664.